The van der Waals surface area contributed by atoms with Gasteiger partial charge in [-0.3, -0.25) is 4.79 Å². The number of carbonyl (C=O) groups is 1. The smallest absolute Gasteiger partial charge is 0.236 e. The van der Waals surface area contributed by atoms with Crippen LogP contribution in [0.5, 0.6) is 0 Å². The summed E-state index contributed by atoms with van der Waals surface area (Å²) in [6, 6.07) is 5.66. The van der Waals surface area contributed by atoms with Crippen molar-refractivity contribution in [2.24, 2.45) is 5.73 Å². The van der Waals surface area contributed by atoms with Crippen LogP contribution in [0, 0.1) is 3.57 Å². The molecular formula is C9H12IN3O. The Balaban J connectivity index is 2.90. The standard InChI is InChI=1S/C9H12IN3O/c1-13(5-9(12)14)8-3-2-6(10)4-7(8)11/h2-4H,5,11H2,1H3,(H2,12,14). The molecule has 0 aliphatic rings. The Labute approximate surface area is 96.4 Å². The van der Waals surface area contributed by atoms with Crippen molar-refractivity contribution in [3.8, 4) is 0 Å². The Kier molecular flexibility index (Phi) is 3.56. The summed E-state index contributed by atoms with van der Waals surface area (Å²) in [5.41, 5.74) is 12.4. The zero-order valence-corrected chi connectivity index (χ0v) is 9.98. The Morgan fingerprint density at radius 1 is 1.57 bits per heavy atom. The highest BCUT2D eigenvalue weighted by molar-refractivity contribution is 14.1. The van der Waals surface area contributed by atoms with E-state index in [9.17, 15) is 4.79 Å². The predicted molar refractivity (Wildman–Crippen MR) is 66.0 cm³/mol. The second-order valence-electron chi connectivity index (χ2n) is 3.03. The molecule has 0 aliphatic heterocycles. The number of nitrogens with two attached hydrogens (primary N) is 2. The van der Waals surface area contributed by atoms with Crippen LogP contribution in [0.4, 0.5) is 11.4 Å². The largest absolute Gasteiger partial charge is 0.397 e. The lowest BCUT2D eigenvalue weighted by Crippen LogP contribution is -2.30. The van der Waals surface area contributed by atoms with Crippen molar-refractivity contribution in [1.29, 1.82) is 0 Å². The van der Waals surface area contributed by atoms with Crippen LogP contribution in [0.1, 0.15) is 0 Å². The Morgan fingerprint density at radius 2 is 2.21 bits per heavy atom. The first-order chi connectivity index (χ1) is 6.50. The van der Waals surface area contributed by atoms with Crippen molar-refractivity contribution < 1.29 is 4.79 Å². The number of anilines is 2. The molecule has 0 heterocycles. The molecule has 0 atom stereocenters. The van der Waals surface area contributed by atoms with Crippen LogP contribution in [-0.2, 0) is 4.79 Å². The highest BCUT2D eigenvalue weighted by atomic mass is 127. The monoisotopic (exact) mass is 305 g/mol. The zero-order chi connectivity index (χ0) is 10.7. The lowest BCUT2D eigenvalue weighted by Gasteiger charge is -2.19. The van der Waals surface area contributed by atoms with Crippen molar-refractivity contribution in [2.45, 2.75) is 0 Å². The first kappa shape index (κ1) is 11.1. The van der Waals surface area contributed by atoms with Crippen LogP contribution in [0.3, 0.4) is 0 Å². The first-order valence-corrected chi connectivity index (χ1v) is 5.13. The number of likely N-dealkylation sites (N-methyl/N-ethyl adjacent to an activating group) is 1. The van der Waals surface area contributed by atoms with E-state index in [1.54, 1.807) is 11.9 Å². The maximum absolute atomic E-state index is 10.7. The molecule has 0 spiro atoms. The minimum Gasteiger partial charge on any atom is -0.397 e. The molecule has 4 nitrogen and oxygen atoms in total. The minimum atomic E-state index is -0.370. The molecule has 4 N–H and O–H groups in total. The molecule has 0 radical (unpaired) electrons. The quantitative estimate of drug-likeness (QED) is 0.641. The molecule has 1 rings (SSSR count). The maximum atomic E-state index is 10.7. The summed E-state index contributed by atoms with van der Waals surface area (Å²) in [4.78, 5) is 12.4. The van der Waals surface area contributed by atoms with Gasteiger partial charge in [0.15, 0.2) is 0 Å². The van der Waals surface area contributed by atoms with E-state index in [2.05, 4.69) is 22.6 Å². The van der Waals surface area contributed by atoms with Crippen molar-refractivity contribution in [2.75, 3.05) is 24.2 Å². The van der Waals surface area contributed by atoms with E-state index in [1.807, 2.05) is 18.2 Å². The van der Waals surface area contributed by atoms with Crippen molar-refractivity contribution in [3.05, 3.63) is 21.8 Å². The fourth-order valence-corrected chi connectivity index (χ4v) is 1.71. The number of hydrogen-bond acceptors (Lipinski definition) is 3. The number of primary amides is 1. The summed E-state index contributed by atoms with van der Waals surface area (Å²) in [6.45, 7) is 0.171. The third kappa shape index (κ3) is 2.76. The third-order valence-electron chi connectivity index (χ3n) is 1.79. The average Bonchev–Trinajstić information content (AvgIpc) is 2.01. The molecule has 0 bridgehead atoms. The summed E-state index contributed by atoms with van der Waals surface area (Å²) >= 11 is 2.18. The molecule has 0 unspecified atom stereocenters. The topological polar surface area (TPSA) is 72.3 Å². The molecular weight excluding hydrogens is 293 g/mol. The van der Waals surface area contributed by atoms with E-state index in [4.69, 9.17) is 11.5 Å². The molecule has 1 amide bonds. The number of amides is 1. The molecule has 0 aromatic heterocycles. The van der Waals surface area contributed by atoms with Crippen molar-refractivity contribution >= 4 is 39.9 Å². The normalized spacial score (nSPS) is 9.86. The second kappa shape index (κ2) is 4.50. The van der Waals surface area contributed by atoms with E-state index in [0.717, 1.165) is 9.26 Å². The third-order valence-corrected chi connectivity index (χ3v) is 2.46. The van der Waals surface area contributed by atoms with Gasteiger partial charge < -0.3 is 16.4 Å². The van der Waals surface area contributed by atoms with Crippen LogP contribution in [0.2, 0.25) is 0 Å². The number of nitrogens with zero attached hydrogens (tertiary/aromatic N) is 1. The summed E-state index contributed by atoms with van der Waals surface area (Å²) in [5, 5.41) is 0. The number of halogens is 1. The van der Waals surface area contributed by atoms with Gasteiger partial charge in [0.05, 0.1) is 17.9 Å². The number of hydrogen-bond donors (Lipinski definition) is 2. The lowest BCUT2D eigenvalue weighted by molar-refractivity contribution is -0.116. The van der Waals surface area contributed by atoms with Gasteiger partial charge in [-0.15, -0.1) is 0 Å². The molecule has 1 aromatic carbocycles. The fourth-order valence-electron chi connectivity index (χ4n) is 1.19. The molecule has 14 heavy (non-hydrogen) atoms. The second-order valence-corrected chi connectivity index (χ2v) is 4.27. The van der Waals surface area contributed by atoms with Gasteiger partial charge in [-0.2, -0.15) is 0 Å². The van der Waals surface area contributed by atoms with Gasteiger partial charge in [-0.1, -0.05) is 0 Å². The molecule has 0 saturated heterocycles. The summed E-state index contributed by atoms with van der Waals surface area (Å²) < 4.78 is 1.07. The number of benzene rings is 1. The summed E-state index contributed by atoms with van der Waals surface area (Å²) in [6.07, 6.45) is 0. The van der Waals surface area contributed by atoms with Gasteiger partial charge >= 0.3 is 0 Å². The fraction of sp³-hybridized carbons (Fsp3) is 0.222. The van der Waals surface area contributed by atoms with E-state index in [0.29, 0.717) is 5.69 Å². The van der Waals surface area contributed by atoms with Crippen LogP contribution in [0.15, 0.2) is 18.2 Å². The van der Waals surface area contributed by atoms with Gasteiger partial charge in [0, 0.05) is 10.6 Å². The lowest BCUT2D eigenvalue weighted by atomic mass is 10.2. The minimum absolute atomic E-state index is 0.171. The number of nitrogen functional groups attached to an aromatic ring is 1. The van der Waals surface area contributed by atoms with Crippen LogP contribution >= 0.6 is 22.6 Å². The first-order valence-electron chi connectivity index (χ1n) is 4.05. The molecule has 0 saturated carbocycles. The predicted octanol–water partition coefficient (Wildman–Crippen LogP) is 0.795. The Morgan fingerprint density at radius 3 is 2.71 bits per heavy atom. The highest BCUT2D eigenvalue weighted by Crippen LogP contribution is 2.23. The molecule has 5 heteroatoms. The molecule has 1 aromatic rings. The van der Waals surface area contributed by atoms with Gasteiger partial charge in [0.2, 0.25) is 5.91 Å². The van der Waals surface area contributed by atoms with Gasteiger partial charge in [-0.25, -0.2) is 0 Å². The van der Waals surface area contributed by atoms with E-state index >= 15 is 0 Å². The number of rotatable bonds is 3. The van der Waals surface area contributed by atoms with Gasteiger partial charge in [0.1, 0.15) is 0 Å². The van der Waals surface area contributed by atoms with E-state index in [-0.39, 0.29) is 12.5 Å². The van der Waals surface area contributed by atoms with Crippen LogP contribution in [-0.4, -0.2) is 19.5 Å². The molecule has 0 fully saturated rings. The van der Waals surface area contributed by atoms with Crippen molar-refractivity contribution in [1.82, 2.24) is 0 Å². The SMILES string of the molecule is CN(CC(N)=O)c1ccc(I)cc1N. The van der Waals surface area contributed by atoms with Gasteiger partial charge in [0.25, 0.3) is 0 Å². The molecule has 0 aliphatic carbocycles. The van der Waals surface area contributed by atoms with Gasteiger partial charge in [-0.05, 0) is 40.8 Å². The Hall–Kier alpha value is -0.980. The maximum Gasteiger partial charge on any atom is 0.236 e. The molecule has 76 valence electrons. The average molecular weight is 305 g/mol. The highest BCUT2D eigenvalue weighted by Gasteiger charge is 2.07. The summed E-state index contributed by atoms with van der Waals surface area (Å²) in [7, 11) is 1.78. The van der Waals surface area contributed by atoms with E-state index < -0.39 is 0 Å². The van der Waals surface area contributed by atoms with Crippen molar-refractivity contribution in [3.63, 3.8) is 0 Å². The van der Waals surface area contributed by atoms with Crippen LogP contribution < -0.4 is 16.4 Å². The summed E-state index contributed by atoms with van der Waals surface area (Å²) in [5.74, 6) is -0.370. The Bertz CT molecular complexity index is 354. The zero-order valence-electron chi connectivity index (χ0n) is 7.83. The van der Waals surface area contributed by atoms with E-state index in [1.165, 1.54) is 0 Å². The number of carbonyl (C=O) groups excluding carboxylic acids is 1. The van der Waals surface area contributed by atoms with Crippen LogP contribution in [0.25, 0.3) is 0 Å².